The first-order valence-corrected chi connectivity index (χ1v) is 6.69. The lowest BCUT2D eigenvalue weighted by Crippen LogP contribution is -1.94. The summed E-state index contributed by atoms with van der Waals surface area (Å²) in [6.45, 7) is 1.99. The minimum atomic E-state index is 0.731. The highest BCUT2D eigenvalue weighted by Crippen LogP contribution is 2.29. The molecule has 0 spiro atoms. The van der Waals surface area contributed by atoms with Crippen molar-refractivity contribution in [3.63, 3.8) is 0 Å². The molecule has 1 aromatic heterocycles. The minimum absolute atomic E-state index is 0.731. The van der Waals surface area contributed by atoms with Gasteiger partial charge in [0.25, 0.3) is 0 Å². The Morgan fingerprint density at radius 2 is 1.85 bits per heavy atom. The van der Waals surface area contributed by atoms with Crippen LogP contribution in [0.25, 0.3) is 10.9 Å². The van der Waals surface area contributed by atoms with Gasteiger partial charge in [-0.3, -0.25) is 4.98 Å². The highest BCUT2D eigenvalue weighted by Gasteiger charge is 2.05. The second-order valence-corrected chi connectivity index (χ2v) is 5.13. The largest absolute Gasteiger partial charge is 0.399 e. The zero-order valence-electron chi connectivity index (χ0n) is 11.0. The van der Waals surface area contributed by atoms with E-state index in [1.165, 1.54) is 0 Å². The van der Waals surface area contributed by atoms with Crippen LogP contribution in [-0.4, -0.2) is 4.98 Å². The Balaban J connectivity index is 2.07. The standard InChI is InChI=1S/C16H14ClN3/c1-10-8-13-15(6-7-19-16(13)9-14(10)17)20-12-4-2-11(18)3-5-12/h2-9H,18H2,1H3,(H,19,20). The quantitative estimate of drug-likeness (QED) is 0.680. The highest BCUT2D eigenvalue weighted by atomic mass is 35.5. The molecular weight excluding hydrogens is 270 g/mol. The molecule has 0 atom stereocenters. The summed E-state index contributed by atoms with van der Waals surface area (Å²) in [4.78, 5) is 4.36. The van der Waals surface area contributed by atoms with Crippen molar-refractivity contribution in [2.24, 2.45) is 0 Å². The lowest BCUT2D eigenvalue weighted by molar-refractivity contribution is 1.39. The Hall–Kier alpha value is -2.26. The van der Waals surface area contributed by atoms with Crippen molar-refractivity contribution in [1.29, 1.82) is 0 Å². The number of aryl methyl sites for hydroxylation is 1. The number of fused-ring (bicyclic) bond motifs is 1. The SMILES string of the molecule is Cc1cc2c(Nc3ccc(N)cc3)ccnc2cc1Cl. The van der Waals surface area contributed by atoms with E-state index in [4.69, 9.17) is 17.3 Å². The van der Waals surface area contributed by atoms with Gasteiger partial charge in [-0.1, -0.05) is 11.6 Å². The Kier molecular flexibility index (Phi) is 3.20. The van der Waals surface area contributed by atoms with E-state index in [1.54, 1.807) is 6.20 Å². The summed E-state index contributed by atoms with van der Waals surface area (Å²) < 4.78 is 0. The molecule has 4 heteroatoms. The first kappa shape index (κ1) is 12.8. The van der Waals surface area contributed by atoms with Crippen molar-refractivity contribution in [3.05, 3.63) is 59.2 Å². The van der Waals surface area contributed by atoms with Gasteiger partial charge in [0.15, 0.2) is 0 Å². The fourth-order valence-corrected chi connectivity index (χ4v) is 2.26. The molecule has 3 aromatic rings. The fourth-order valence-electron chi connectivity index (χ4n) is 2.11. The monoisotopic (exact) mass is 283 g/mol. The van der Waals surface area contributed by atoms with Gasteiger partial charge in [-0.25, -0.2) is 0 Å². The lowest BCUT2D eigenvalue weighted by atomic mass is 10.1. The van der Waals surface area contributed by atoms with Crippen LogP contribution < -0.4 is 11.1 Å². The molecule has 0 aliphatic rings. The number of nitrogen functional groups attached to an aromatic ring is 1. The van der Waals surface area contributed by atoms with Gasteiger partial charge in [0.1, 0.15) is 0 Å². The van der Waals surface area contributed by atoms with Gasteiger partial charge in [-0.2, -0.15) is 0 Å². The van der Waals surface area contributed by atoms with Crippen LogP contribution in [0.3, 0.4) is 0 Å². The van der Waals surface area contributed by atoms with Crippen LogP contribution in [-0.2, 0) is 0 Å². The molecule has 1 heterocycles. The van der Waals surface area contributed by atoms with Gasteiger partial charge < -0.3 is 11.1 Å². The fraction of sp³-hybridized carbons (Fsp3) is 0.0625. The molecule has 0 aliphatic heterocycles. The van der Waals surface area contributed by atoms with Crippen molar-refractivity contribution < 1.29 is 0 Å². The maximum Gasteiger partial charge on any atom is 0.0737 e. The summed E-state index contributed by atoms with van der Waals surface area (Å²) in [6, 6.07) is 13.5. The topological polar surface area (TPSA) is 50.9 Å². The number of hydrogen-bond donors (Lipinski definition) is 2. The number of anilines is 3. The van der Waals surface area contributed by atoms with E-state index in [0.29, 0.717) is 0 Å². The molecule has 0 saturated heterocycles. The summed E-state index contributed by atoms with van der Waals surface area (Å²) >= 11 is 6.14. The van der Waals surface area contributed by atoms with Crippen molar-refractivity contribution in [2.45, 2.75) is 6.92 Å². The van der Waals surface area contributed by atoms with Crippen LogP contribution >= 0.6 is 11.6 Å². The molecule has 0 aliphatic carbocycles. The van der Waals surface area contributed by atoms with Crippen LogP contribution in [0.15, 0.2) is 48.7 Å². The molecule has 3 nitrogen and oxygen atoms in total. The van der Waals surface area contributed by atoms with Crippen LogP contribution in [0.2, 0.25) is 5.02 Å². The van der Waals surface area contributed by atoms with E-state index in [-0.39, 0.29) is 0 Å². The normalized spacial score (nSPS) is 10.7. The molecule has 0 saturated carbocycles. The molecule has 20 heavy (non-hydrogen) atoms. The highest BCUT2D eigenvalue weighted by molar-refractivity contribution is 6.32. The van der Waals surface area contributed by atoms with Crippen molar-refractivity contribution in [2.75, 3.05) is 11.1 Å². The summed E-state index contributed by atoms with van der Waals surface area (Å²) in [7, 11) is 0. The third-order valence-electron chi connectivity index (χ3n) is 3.21. The molecule has 2 aromatic carbocycles. The van der Waals surface area contributed by atoms with E-state index < -0.39 is 0 Å². The van der Waals surface area contributed by atoms with Crippen LogP contribution in [0, 0.1) is 6.92 Å². The average Bonchev–Trinajstić information content (AvgIpc) is 2.43. The number of nitrogens with one attached hydrogen (secondary N) is 1. The maximum absolute atomic E-state index is 6.14. The first-order chi connectivity index (χ1) is 9.63. The van der Waals surface area contributed by atoms with Gasteiger partial charge in [0.2, 0.25) is 0 Å². The van der Waals surface area contributed by atoms with Gasteiger partial charge in [-0.15, -0.1) is 0 Å². The maximum atomic E-state index is 6.14. The predicted molar refractivity (Wildman–Crippen MR) is 85.6 cm³/mol. The smallest absolute Gasteiger partial charge is 0.0737 e. The van der Waals surface area contributed by atoms with Gasteiger partial charge in [0, 0.05) is 33.7 Å². The Bertz CT molecular complexity index is 767. The molecule has 0 bridgehead atoms. The number of benzene rings is 2. The molecule has 100 valence electrons. The third-order valence-corrected chi connectivity index (χ3v) is 3.62. The van der Waals surface area contributed by atoms with E-state index >= 15 is 0 Å². The number of pyridine rings is 1. The summed E-state index contributed by atoms with van der Waals surface area (Å²) in [6.07, 6.45) is 1.77. The van der Waals surface area contributed by atoms with E-state index in [9.17, 15) is 0 Å². The van der Waals surface area contributed by atoms with Crippen molar-refractivity contribution in [3.8, 4) is 0 Å². The van der Waals surface area contributed by atoms with Crippen molar-refractivity contribution >= 4 is 39.6 Å². The first-order valence-electron chi connectivity index (χ1n) is 6.31. The van der Waals surface area contributed by atoms with Crippen LogP contribution in [0.5, 0.6) is 0 Å². The van der Waals surface area contributed by atoms with Gasteiger partial charge in [0.05, 0.1) is 5.52 Å². The number of nitrogens with zero attached hydrogens (tertiary/aromatic N) is 1. The molecule has 3 rings (SSSR count). The average molecular weight is 284 g/mol. The minimum Gasteiger partial charge on any atom is -0.399 e. The van der Waals surface area contributed by atoms with Gasteiger partial charge in [-0.05, 0) is 55.0 Å². The van der Waals surface area contributed by atoms with E-state index in [1.807, 2.05) is 49.4 Å². The Morgan fingerprint density at radius 3 is 2.60 bits per heavy atom. The molecule has 0 fully saturated rings. The number of aromatic nitrogens is 1. The number of hydrogen-bond acceptors (Lipinski definition) is 3. The zero-order valence-corrected chi connectivity index (χ0v) is 11.8. The van der Waals surface area contributed by atoms with Crippen molar-refractivity contribution in [1.82, 2.24) is 4.98 Å². The second-order valence-electron chi connectivity index (χ2n) is 4.72. The predicted octanol–water partition coefficient (Wildman–Crippen LogP) is 4.52. The molecular formula is C16H14ClN3. The molecule has 0 radical (unpaired) electrons. The molecule has 0 amide bonds. The summed E-state index contributed by atoms with van der Waals surface area (Å²) in [5.41, 5.74) is 10.3. The second kappa shape index (κ2) is 5.02. The van der Waals surface area contributed by atoms with Crippen LogP contribution in [0.4, 0.5) is 17.1 Å². The lowest BCUT2D eigenvalue weighted by Gasteiger charge is -2.11. The van der Waals surface area contributed by atoms with E-state index in [2.05, 4.69) is 10.3 Å². The molecule has 0 unspecified atom stereocenters. The molecule has 3 N–H and O–H groups in total. The summed E-state index contributed by atoms with van der Waals surface area (Å²) in [5.74, 6) is 0. The number of rotatable bonds is 2. The summed E-state index contributed by atoms with van der Waals surface area (Å²) in [5, 5.41) is 5.16. The number of halogens is 1. The number of nitrogens with two attached hydrogens (primary N) is 1. The van der Waals surface area contributed by atoms with E-state index in [0.717, 1.165) is 38.6 Å². The zero-order chi connectivity index (χ0) is 14.1. The third kappa shape index (κ3) is 2.40. The van der Waals surface area contributed by atoms with Crippen LogP contribution in [0.1, 0.15) is 5.56 Å². The van der Waals surface area contributed by atoms with Gasteiger partial charge >= 0.3 is 0 Å². The Morgan fingerprint density at radius 1 is 1.10 bits per heavy atom. The Labute approximate surface area is 122 Å².